The van der Waals surface area contributed by atoms with Gasteiger partial charge in [-0.3, -0.25) is 19.6 Å². The molecule has 0 radical (unpaired) electrons. The van der Waals surface area contributed by atoms with Crippen molar-refractivity contribution in [2.24, 2.45) is 7.05 Å². The van der Waals surface area contributed by atoms with Crippen molar-refractivity contribution in [3.05, 3.63) is 74.6 Å². The Morgan fingerprint density at radius 3 is 2.62 bits per heavy atom. The van der Waals surface area contributed by atoms with E-state index in [1.165, 1.54) is 36.0 Å². The lowest BCUT2D eigenvalue weighted by Crippen LogP contribution is -2.13. The van der Waals surface area contributed by atoms with Crippen molar-refractivity contribution in [3.63, 3.8) is 0 Å². The Kier molecular flexibility index (Phi) is 6.74. The van der Waals surface area contributed by atoms with Gasteiger partial charge in [0.05, 0.1) is 23.3 Å². The molecule has 1 aromatic heterocycles. The molecule has 166 valence electrons. The number of nitrogens with zero attached hydrogens (tertiary/aromatic N) is 3. The molecular formula is C21H19ClN4O6. The van der Waals surface area contributed by atoms with Gasteiger partial charge in [0.2, 0.25) is 0 Å². The highest BCUT2D eigenvalue weighted by Crippen LogP contribution is 2.32. The lowest BCUT2D eigenvalue weighted by atomic mass is 10.2. The first kappa shape index (κ1) is 22.8. The molecule has 3 rings (SSSR count). The van der Waals surface area contributed by atoms with Crippen molar-refractivity contribution in [2.75, 3.05) is 11.9 Å². The summed E-state index contributed by atoms with van der Waals surface area (Å²) < 4.78 is 11.9. The number of aryl methyl sites for hydroxylation is 2. The lowest BCUT2D eigenvalue weighted by molar-refractivity contribution is -0.384. The van der Waals surface area contributed by atoms with Gasteiger partial charge in [-0.25, -0.2) is 4.79 Å². The second-order valence-corrected chi connectivity index (χ2v) is 7.13. The van der Waals surface area contributed by atoms with E-state index in [1.807, 2.05) is 0 Å². The quantitative estimate of drug-likeness (QED) is 0.313. The smallest absolute Gasteiger partial charge is 0.356 e. The largest absolute Gasteiger partial charge is 0.461 e. The van der Waals surface area contributed by atoms with E-state index in [9.17, 15) is 19.7 Å². The predicted octanol–water partition coefficient (Wildman–Crippen LogP) is 4.51. The highest BCUT2D eigenvalue weighted by atomic mass is 35.5. The molecule has 0 bridgehead atoms. The van der Waals surface area contributed by atoms with Crippen LogP contribution < -0.4 is 10.1 Å². The monoisotopic (exact) mass is 458 g/mol. The SMILES string of the molecule is CCOC(=O)c1cc(C(=O)Nc2cc(Oc3ccc(Cl)cc3C)cc([N+](=O)[O-])c2)nn1C. The second kappa shape index (κ2) is 9.48. The molecule has 1 amide bonds. The van der Waals surface area contributed by atoms with Crippen LogP contribution in [0.2, 0.25) is 5.02 Å². The van der Waals surface area contributed by atoms with E-state index in [4.69, 9.17) is 21.1 Å². The first-order valence-corrected chi connectivity index (χ1v) is 9.81. The number of non-ortho nitro benzene ring substituents is 1. The summed E-state index contributed by atoms with van der Waals surface area (Å²) >= 11 is 5.95. The van der Waals surface area contributed by atoms with Gasteiger partial charge in [-0.1, -0.05) is 11.6 Å². The van der Waals surface area contributed by atoms with Gasteiger partial charge in [-0.2, -0.15) is 5.10 Å². The van der Waals surface area contributed by atoms with Gasteiger partial charge in [-0.15, -0.1) is 0 Å². The van der Waals surface area contributed by atoms with Crippen LogP contribution in [0.15, 0.2) is 42.5 Å². The van der Waals surface area contributed by atoms with Gasteiger partial charge in [0.1, 0.15) is 17.2 Å². The van der Waals surface area contributed by atoms with Gasteiger partial charge >= 0.3 is 5.97 Å². The van der Waals surface area contributed by atoms with Crippen LogP contribution in [0.3, 0.4) is 0 Å². The Morgan fingerprint density at radius 1 is 1.22 bits per heavy atom. The summed E-state index contributed by atoms with van der Waals surface area (Å²) in [6.45, 7) is 3.62. The van der Waals surface area contributed by atoms with Crippen LogP contribution in [0.4, 0.5) is 11.4 Å². The highest BCUT2D eigenvalue weighted by Gasteiger charge is 2.20. The van der Waals surface area contributed by atoms with E-state index < -0.39 is 16.8 Å². The zero-order valence-corrected chi connectivity index (χ0v) is 18.2. The number of carbonyl (C=O) groups is 2. The zero-order valence-electron chi connectivity index (χ0n) is 17.4. The fourth-order valence-corrected chi connectivity index (χ4v) is 3.07. The molecule has 0 aliphatic heterocycles. The molecule has 0 saturated heterocycles. The van der Waals surface area contributed by atoms with Crippen molar-refractivity contribution >= 4 is 34.9 Å². The number of esters is 1. The Hall–Kier alpha value is -3.92. The number of nitro groups is 1. The van der Waals surface area contributed by atoms with Gasteiger partial charge in [0.25, 0.3) is 11.6 Å². The van der Waals surface area contributed by atoms with Crippen molar-refractivity contribution in [3.8, 4) is 11.5 Å². The van der Waals surface area contributed by atoms with Crippen LogP contribution >= 0.6 is 11.6 Å². The lowest BCUT2D eigenvalue weighted by Gasteiger charge is -2.11. The van der Waals surface area contributed by atoms with Gasteiger partial charge < -0.3 is 14.8 Å². The number of hydrogen-bond donors (Lipinski definition) is 1. The van der Waals surface area contributed by atoms with E-state index in [0.29, 0.717) is 10.8 Å². The van der Waals surface area contributed by atoms with Gasteiger partial charge in [-0.05, 0) is 37.6 Å². The predicted molar refractivity (Wildman–Crippen MR) is 116 cm³/mol. The Labute approximate surface area is 187 Å². The number of carbonyl (C=O) groups excluding carboxylic acids is 2. The second-order valence-electron chi connectivity index (χ2n) is 6.70. The minimum absolute atomic E-state index is 0.0573. The van der Waals surface area contributed by atoms with Crippen LogP contribution in [-0.4, -0.2) is 33.2 Å². The molecule has 0 unspecified atom stereocenters. The van der Waals surface area contributed by atoms with Crippen molar-refractivity contribution in [1.82, 2.24) is 9.78 Å². The Morgan fingerprint density at radius 2 is 1.97 bits per heavy atom. The van der Waals surface area contributed by atoms with Crippen LogP contribution in [-0.2, 0) is 11.8 Å². The minimum Gasteiger partial charge on any atom is -0.461 e. The maximum atomic E-state index is 12.6. The average molecular weight is 459 g/mol. The van der Waals surface area contributed by atoms with E-state index in [2.05, 4.69) is 10.4 Å². The highest BCUT2D eigenvalue weighted by molar-refractivity contribution is 6.30. The maximum Gasteiger partial charge on any atom is 0.356 e. The van der Waals surface area contributed by atoms with E-state index >= 15 is 0 Å². The van der Waals surface area contributed by atoms with Crippen LogP contribution in [0.25, 0.3) is 0 Å². The van der Waals surface area contributed by atoms with Crippen molar-refractivity contribution in [2.45, 2.75) is 13.8 Å². The number of halogens is 1. The van der Waals surface area contributed by atoms with Crippen molar-refractivity contribution in [1.29, 1.82) is 0 Å². The molecule has 10 nitrogen and oxygen atoms in total. The summed E-state index contributed by atoms with van der Waals surface area (Å²) in [5, 5.41) is 18.4. The molecular weight excluding hydrogens is 440 g/mol. The number of aromatic nitrogens is 2. The molecule has 0 saturated carbocycles. The Bertz CT molecular complexity index is 1210. The average Bonchev–Trinajstić information content (AvgIpc) is 3.12. The Balaban J connectivity index is 1.87. The molecule has 2 aromatic carbocycles. The number of benzene rings is 2. The first-order chi connectivity index (χ1) is 15.2. The molecule has 1 heterocycles. The third-order valence-corrected chi connectivity index (χ3v) is 4.56. The third kappa shape index (κ3) is 5.22. The summed E-state index contributed by atoms with van der Waals surface area (Å²) in [5.41, 5.74) is 0.609. The molecule has 0 spiro atoms. The third-order valence-electron chi connectivity index (χ3n) is 4.32. The minimum atomic E-state index is -0.662. The number of nitrogens with one attached hydrogen (secondary N) is 1. The van der Waals surface area contributed by atoms with Gasteiger partial charge in [0, 0.05) is 30.3 Å². The number of hydrogen-bond acceptors (Lipinski definition) is 7. The fourth-order valence-electron chi connectivity index (χ4n) is 2.84. The van der Waals surface area contributed by atoms with E-state index in [0.717, 1.165) is 5.56 Å². The molecule has 0 atom stereocenters. The molecule has 1 N–H and O–H groups in total. The molecule has 3 aromatic rings. The number of anilines is 1. The summed E-state index contributed by atoms with van der Waals surface area (Å²) in [6, 6.07) is 10.1. The zero-order chi connectivity index (χ0) is 23.4. The standard InChI is InChI=1S/C21H19ClN4O6/c1-4-31-21(28)18-11-17(24-25(18)3)20(27)23-14-8-15(26(29)30)10-16(9-14)32-19-6-5-13(22)7-12(19)2/h5-11H,4H2,1-3H3,(H,23,27). The first-order valence-electron chi connectivity index (χ1n) is 9.44. The molecule has 0 fully saturated rings. The molecule has 32 heavy (non-hydrogen) atoms. The number of nitro benzene ring substituents is 1. The molecule has 11 heteroatoms. The summed E-state index contributed by atoms with van der Waals surface area (Å²) in [4.78, 5) is 35.3. The summed E-state index contributed by atoms with van der Waals surface area (Å²) in [7, 11) is 1.50. The maximum absolute atomic E-state index is 12.6. The topological polar surface area (TPSA) is 126 Å². The normalized spacial score (nSPS) is 10.5. The summed E-state index contributed by atoms with van der Waals surface area (Å²) in [6.07, 6.45) is 0. The van der Waals surface area contributed by atoms with E-state index in [-0.39, 0.29) is 35.1 Å². The molecule has 0 aliphatic carbocycles. The van der Waals surface area contributed by atoms with Crippen LogP contribution in [0.1, 0.15) is 33.5 Å². The van der Waals surface area contributed by atoms with Crippen LogP contribution in [0, 0.1) is 17.0 Å². The van der Waals surface area contributed by atoms with Crippen LogP contribution in [0.5, 0.6) is 11.5 Å². The van der Waals surface area contributed by atoms with Crippen molar-refractivity contribution < 1.29 is 24.0 Å². The summed E-state index contributed by atoms with van der Waals surface area (Å²) in [5.74, 6) is -0.680. The molecule has 0 aliphatic rings. The number of ether oxygens (including phenoxy) is 2. The fraction of sp³-hybridized carbons (Fsp3) is 0.190. The number of amides is 1. The van der Waals surface area contributed by atoms with Gasteiger partial charge in [0.15, 0.2) is 5.69 Å². The van der Waals surface area contributed by atoms with E-state index in [1.54, 1.807) is 32.0 Å². The number of rotatable bonds is 7.